The highest BCUT2D eigenvalue weighted by atomic mass is 16.5. The average molecular weight is 386 g/mol. The first-order valence-corrected chi connectivity index (χ1v) is 9.91. The smallest absolute Gasteiger partial charge is 0.160 e. The number of ether oxygens (including phenoxy) is 2. The zero-order chi connectivity index (χ0) is 20.2. The van der Waals surface area contributed by atoms with Crippen molar-refractivity contribution in [3.8, 4) is 11.5 Å². The molecule has 0 N–H and O–H groups in total. The van der Waals surface area contributed by atoms with Crippen LogP contribution in [0.25, 0.3) is 21.8 Å². The number of aryl methyl sites for hydroxylation is 1. The molecule has 0 spiro atoms. The zero-order valence-corrected chi connectivity index (χ0v) is 17.2. The van der Waals surface area contributed by atoms with E-state index in [1.165, 1.54) is 22.0 Å². The van der Waals surface area contributed by atoms with Crippen molar-refractivity contribution < 1.29 is 9.47 Å². The van der Waals surface area contributed by atoms with Crippen LogP contribution in [-0.4, -0.2) is 32.8 Å². The maximum absolute atomic E-state index is 5.43. The number of hydrogen-bond donors (Lipinski definition) is 0. The van der Waals surface area contributed by atoms with Crippen LogP contribution in [0, 0.1) is 0 Å². The van der Waals surface area contributed by atoms with E-state index >= 15 is 0 Å². The molecule has 0 aliphatic rings. The second kappa shape index (κ2) is 8.39. The monoisotopic (exact) mass is 386 g/mol. The summed E-state index contributed by atoms with van der Waals surface area (Å²) in [6, 6.07) is 22.9. The Hall–Kier alpha value is -3.27. The van der Waals surface area contributed by atoms with Crippen molar-refractivity contribution in [1.82, 2.24) is 4.98 Å². The van der Waals surface area contributed by atoms with Crippen LogP contribution >= 0.6 is 0 Å². The lowest BCUT2D eigenvalue weighted by Crippen LogP contribution is -2.20. The Morgan fingerprint density at radius 1 is 0.793 bits per heavy atom. The second-order valence-electron chi connectivity index (χ2n) is 7.21. The number of para-hydroxylation sites is 2. The van der Waals surface area contributed by atoms with Crippen LogP contribution in [0.5, 0.6) is 11.5 Å². The molecule has 0 unspecified atom stereocenters. The number of pyridine rings is 1. The van der Waals surface area contributed by atoms with Crippen LogP contribution in [0.4, 0.5) is 5.69 Å². The molecule has 1 heterocycles. The molecule has 0 aliphatic carbocycles. The van der Waals surface area contributed by atoms with Gasteiger partial charge in [-0.3, -0.25) is 0 Å². The first-order chi connectivity index (χ1) is 14.2. The summed E-state index contributed by atoms with van der Waals surface area (Å²) in [6.45, 7) is 0.951. The van der Waals surface area contributed by atoms with E-state index in [-0.39, 0.29) is 0 Å². The third kappa shape index (κ3) is 3.83. The van der Waals surface area contributed by atoms with E-state index in [0.717, 1.165) is 41.9 Å². The van der Waals surface area contributed by atoms with Crippen molar-refractivity contribution in [2.24, 2.45) is 0 Å². The van der Waals surface area contributed by atoms with E-state index in [1.54, 1.807) is 14.2 Å². The van der Waals surface area contributed by atoms with E-state index in [0.29, 0.717) is 0 Å². The van der Waals surface area contributed by atoms with Gasteiger partial charge in [0.05, 0.1) is 30.9 Å². The van der Waals surface area contributed by atoms with Gasteiger partial charge in [0.15, 0.2) is 11.5 Å². The molecular formula is C25H26N2O2. The fraction of sp³-hybridized carbons (Fsp3) is 0.240. The molecule has 0 saturated heterocycles. The Balaban J connectivity index is 1.57. The Kier molecular flexibility index (Phi) is 5.52. The van der Waals surface area contributed by atoms with Gasteiger partial charge in [-0.05, 0) is 42.7 Å². The van der Waals surface area contributed by atoms with Gasteiger partial charge in [-0.15, -0.1) is 0 Å². The van der Waals surface area contributed by atoms with Crippen molar-refractivity contribution in [3.05, 3.63) is 72.3 Å². The summed E-state index contributed by atoms with van der Waals surface area (Å²) in [6.07, 6.45) is 2.02. The Labute approximate surface area is 171 Å². The largest absolute Gasteiger partial charge is 0.493 e. The molecule has 0 fully saturated rings. The van der Waals surface area contributed by atoms with E-state index < -0.39 is 0 Å². The quantitative estimate of drug-likeness (QED) is 0.394. The molecule has 0 saturated carbocycles. The average Bonchev–Trinajstić information content (AvgIpc) is 2.77. The number of nitrogens with zero attached hydrogens (tertiary/aromatic N) is 2. The molecule has 148 valence electrons. The molecule has 0 aliphatic heterocycles. The van der Waals surface area contributed by atoms with Gasteiger partial charge in [-0.2, -0.15) is 0 Å². The topological polar surface area (TPSA) is 34.6 Å². The molecule has 4 nitrogen and oxygen atoms in total. The van der Waals surface area contributed by atoms with Gasteiger partial charge in [0.25, 0.3) is 0 Å². The number of aromatic nitrogens is 1. The summed E-state index contributed by atoms with van der Waals surface area (Å²) in [7, 11) is 5.51. The van der Waals surface area contributed by atoms with Gasteiger partial charge >= 0.3 is 0 Å². The fourth-order valence-corrected chi connectivity index (χ4v) is 3.90. The van der Waals surface area contributed by atoms with E-state index in [9.17, 15) is 0 Å². The molecule has 0 atom stereocenters. The Bertz CT molecular complexity index is 1090. The number of rotatable bonds is 7. The summed E-state index contributed by atoms with van der Waals surface area (Å²) in [5.41, 5.74) is 4.57. The summed E-state index contributed by atoms with van der Waals surface area (Å²) in [5.74, 6) is 1.55. The van der Waals surface area contributed by atoms with Crippen LogP contribution in [0.1, 0.15) is 12.0 Å². The lowest BCUT2D eigenvalue weighted by atomic mass is 10.1. The van der Waals surface area contributed by atoms with Crippen molar-refractivity contribution in [2.75, 3.05) is 32.7 Å². The first-order valence-electron chi connectivity index (χ1n) is 9.91. The number of benzene rings is 3. The predicted molar refractivity (Wildman–Crippen MR) is 120 cm³/mol. The number of fused-ring (bicyclic) bond motifs is 2. The molecule has 0 bridgehead atoms. The minimum absolute atomic E-state index is 0.767. The van der Waals surface area contributed by atoms with Gasteiger partial charge in [0.2, 0.25) is 0 Å². The molecule has 0 radical (unpaired) electrons. The maximum atomic E-state index is 5.43. The molecule has 4 heteroatoms. The molecule has 29 heavy (non-hydrogen) atoms. The molecule has 4 aromatic rings. The third-order valence-electron chi connectivity index (χ3n) is 5.35. The van der Waals surface area contributed by atoms with E-state index in [2.05, 4.69) is 60.5 Å². The van der Waals surface area contributed by atoms with E-state index in [4.69, 9.17) is 14.5 Å². The highest BCUT2D eigenvalue weighted by molar-refractivity contribution is 6.07. The zero-order valence-electron chi connectivity index (χ0n) is 17.2. The van der Waals surface area contributed by atoms with Gasteiger partial charge in [0, 0.05) is 24.4 Å². The lowest BCUT2D eigenvalue weighted by Gasteiger charge is -2.23. The summed E-state index contributed by atoms with van der Waals surface area (Å²) < 4.78 is 10.8. The number of methoxy groups -OCH3 is 2. The SMILES string of the molecule is COc1ccc(CCCN(C)c2c3ccccc3nc3ccccc23)cc1OC. The Morgan fingerprint density at radius 3 is 2.03 bits per heavy atom. The van der Waals surface area contributed by atoms with Crippen molar-refractivity contribution in [2.45, 2.75) is 12.8 Å². The van der Waals surface area contributed by atoms with Crippen molar-refractivity contribution in [1.29, 1.82) is 0 Å². The van der Waals surface area contributed by atoms with Crippen molar-refractivity contribution >= 4 is 27.5 Å². The van der Waals surface area contributed by atoms with Gasteiger partial charge in [0.1, 0.15) is 0 Å². The van der Waals surface area contributed by atoms with Gasteiger partial charge < -0.3 is 14.4 Å². The molecular weight excluding hydrogens is 360 g/mol. The highest BCUT2D eigenvalue weighted by Gasteiger charge is 2.12. The minimum Gasteiger partial charge on any atom is -0.493 e. The normalized spacial score (nSPS) is 11.0. The molecule has 4 rings (SSSR count). The fourth-order valence-electron chi connectivity index (χ4n) is 3.90. The number of anilines is 1. The summed E-state index contributed by atoms with van der Waals surface area (Å²) in [5, 5.41) is 2.39. The van der Waals surface area contributed by atoms with Crippen molar-refractivity contribution in [3.63, 3.8) is 0 Å². The van der Waals surface area contributed by atoms with Gasteiger partial charge in [-0.1, -0.05) is 42.5 Å². The van der Waals surface area contributed by atoms with Crippen LogP contribution in [-0.2, 0) is 6.42 Å². The standard InChI is InChI=1S/C25H26N2O2/c1-27(16-8-9-18-14-15-23(28-2)24(17-18)29-3)25-19-10-4-6-12-21(19)26-22-13-7-5-11-20(22)25/h4-7,10-15,17H,8-9,16H2,1-3H3. The predicted octanol–water partition coefficient (Wildman–Crippen LogP) is 5.47. The molecule has 0 amide bonds. The summed E-state index contributed by atoms with van der Waals surface area (Å²) >= 11 is 0. The maximum Gasteiger partial charge on any atom is 0.160 e. The van der Waals surface area contributed by atoms with Gasteiger partial charge in [-0.25, -0.2) is 4.98 Å². The highest BCUT2D eigenvalue weighted by Crippen LogP contribution is 2.33. The first kappa shape index (κ1) is 19.1. The minimum atomic E-state index is 0.767. The summed E-state index contributed by atoms with van der Waals surface area (Å²) in [4.78, 5) is 7.19. The third-order valence-corrected chi connectivity index (χ3v) is 5.35. The molecule has 1 aromatic heterocycles. The molecule has 3 aromatic carbocycles. The van der Waals surface area contributed by atoms with Crippen LogP contribution in [0.3, 0.4) is 0 Å². The van der Waals surface area contributed by atoms with Crippen LogP contribution in [0.15, 0.2) is 66.7 Å². The van der Waals surface area contributed by atoms with Crippen LogP contribution in [0.2, 0.25) is 0 Å². The lowest BCUT2D eigenvalue weighted by molar-refractivity contribution is 0.354. The Morgan fingerprint density at radius 2 is 1.41 bits per heavy atom. The second-order valence-corrected chi connectivity index (χ2v) is 7.21. The van der Waals surface area contributed by atoms with Crippen LogP contribution < -0.4 is 14.4 Å². The number of hydrogen-bond acceptors (Lipinski definition) is 4. The van der Waals surface area contributed by atoms with E-state index in [1.807, 2.05) is 18.2 Å².